The molecule has 8 heteroatoms. The minimum absolute atomic E-state index is 0.107. The number of aromatic nitrogens is 1. The number of nitrogens with zero attached hydrogens (tertiary/aromatic N) is 2. The van der Waals surface area contributed by atoms with Gasteiger partial charge in [0.05, 0.1) is 28.9 Å². The van der Waals surface area contributed by atoms with Gasteiger partial charge >= 0.3 is 0 Å². The fraction of sp³-hybridized carbons (Fsp3) is 0.235. The first kappa shape index (κ1) is 17.7. The molecule has 0 atom stereocenters. The molecule has 1 aromatic carbocycles. The zero-order valence-electron chi connectivity index (χ0n) is 13.2. The third-order valence-corrected chi connectivity index (χ3v) is 4.37. The van der Waals surface area contributed by atoms with Crippen molar-refractivity contribution in [2.24, 2.45) is 0 Å². The molecule has 0 spiro atoms. The minimum atomic E-state index is -0.494. The summed E-state index contributed by atoms with van der Waals surface area (Å²) in [4.78, 5) is 30.7. The smallest absolute Gasteiger partial charge is 0.274 e. The Bertz CT molecular complexity index is 787. The van der Waals surface area contributed by atoms with Gasteiger partial charge in [0.2, 0.25) is 0 Å². The summed E-state index contributed by atoms with van der Waals surface area (Å²) in [5.41, 5.74) is 0.810. The number of carbonyl (C=O) groups is 2. The summed E-state index contributed by atoms with van der Waals surface area (Å²) in [5, 5.41) is 3.27. The van der Waals surface area contributed by atoms with Gasteiger partial charge in [0, 0.05) is 24.8 Å². The van der Waals surface area contributed by atoms with Crippen molar-refractivity contribution in [1.82, 2.24) is 9.88 Å². The van der Waals surface area contributed by atoms with Gasteiger partial charge in [-0.05, 0) is 24.3 Å². The molecular formula is C17H15Cl2N3O3. The summed E-state index contributed by atoms with van der Waals surface area (Å²) in [5.74, 6) is -0.651. The maximum absolute atomic E-state index is 12.5. The standard InChI is InChI=1S/C17H15Cl2N3O3/c18-12-2-1-3-13(19)15(12)21-16(23)14-10-11(4-5-20-14)17(24)22-6-8-25-9-7-22/h1-5,10H,6-9H2,(H,21,23). The molecule has 2 heterocycles. The Balaban J connectivity index is 1.78. The van der Waals surface area contributed by atoms with Crippen LogP contribution >= 0.6 is 23.2 Å². The van der Waals surface area contributed by atoms with Crippen LogP contribution in [-0.2, 0) is 4.74 Å². The van der Waals surface area contributed by atoms with Gasteiger partial charge in [-0.2, -0.15) is 0 Å². The highest BCUT2D eigenvalue weighted by Gasteiger charge is 2.20. The highest BCUT2D eigenvalue weighted by Crippen LogP contribution is 2.30. The van der Waals surface area contributed by atoms with Crippen LogP contribution in [0.2, 0.25) is 10.0 Å². The van der Waals surface area contributed by atoms with Gasteiger partial charge in [-0.1, -0.05) is 29.3 Å². The number of benzene rings is 1. The molecular weight excluding hydrogens is 365 g/mol. The molecule has 1 saturated heterocycles. The van der Waals surface area contributed by atoms with Crippen molar-refractivity contribution in [2.75, 3.05) is 31.6 Å². The Morgan fingerprint density at radius 2 is 1.80 bits per heavy atom. The molecule has 130 valence electrons. The zero-order valence-corrected chi connectivity index (χ0v) is 14.7. The molecule has 6 nitrogen and oxygen atoms in total. The number of anilines is 1. The maximum Gasteiger partial charge on any atom is 0.274 e. The van der Waals surface area contributed by atoms with Crippen LogP contribution in [0.15, 0.2) is 36.5 Å². The maximum atomic E-state index is 12.5. The second kappa shape index (κ2) is 7.82. The molecule has 1 N–H and O–H groups in total. The van der Waals surface area contributed by atoms with Crippen LogP contribution < -0.4 is 5.32 Å². The van der Waals surface area contributed by atoms with Crippen molar-refractivity contribution in [1.29, 1.82) is 0 Å². The Morgan fingerprint density at radius 3 is 2.48 bits per heavy atom. The summed E-state index contributed by atoms with van der Waals surface area (Å²) in [6, 6.07) is 7.96. The summed E-state index contributed by atoms with van der Waals surface area (Å²) in [7, 11) is 0. The lowest BCUT2D eigenvalue weighted by atomic mass is 10.2. The predicted octanol–water partition coefficient (Wildman–Crippen LogP) is 3.11. The predicted molar refractivity (Wildman–Crippen MR) is 95.4 cm³/mol. The highest BCUT2D eigenvalue weighted by atomic mass is 35.5. The number of amides is 2. The van der Waals surface area contributed by atoms with E-state index in [2.05, 4.69) is 10.3 Å². The molecule has 2 amide bonds. The molecule has 1 fully saturated rings. The molecule has 0 unspecified atom stereocenters. The number of hydrogen-bond donors (Lipinski definition) is 1. The van der Waals surface area contributed by atoms with Crippen molar-refractivity contribution in [3.05, 3.63) is 57.8 Å². The summed E-state index contributed by atoms with van der Waals surface area (Å²) in [6.07, 6.45) is 1.43. The van der Waals surface area contributed by atoms with Gasteiger partial charge < -0.3 is 15.0 Å². The van der Waals surface area contributed by atoms with Gasteiger partial charge in [-0.3, -0.25) is 14.6 Å². The van der Waals surface area contributed by atoms with E-state index in [1.165, 1.54) is 12.3 Å². The van der Waals surface area contributed by atoms with E-state index >= 15 is 0 Å². The molecule has 1 aliphatic heterocycles. The number of nitrogens with one attached hydrogen (secondary N) is 1. The lowest BCUT2D eigenvalue weighted by molar-refractivity contribution is 0.0303. The van der Waals surface area contributed by atoms with Crippen LogP contribution in [0.25, 0.3) is 0 Å². The SMILES string of the molecule is O=C(Nc1c(Cl)cccc1Cl)c1cc(C(=O)N2CCOCC2)ccn1. The van der Waals surface area contributed by atoms with E-state index in [1.54, 1.807) is 29.2 Å². The van der Waals surface area contributed by atoms with Crippen LogP contribution in [0.3, 0.4) is 0 Å². The molecule has 1 aliphatic rings. The minimum Gasteiger partial charge on any atom is -0.378 e. The number of para-hydroxylation sites is 1. The second-order valence-corrected chi connectivity index (χ2v) is 6.20. The number of halogens is 2. The molecule has 0 saturated carbocycles. The van der Waals surface area contributed by atoms with Gasteiger partial charge in [-0.15, -0.1) is 0 Å². The van der Waals surface area contributed by atoms with Crippen molar-refractivity contribution >= 4 is 40.7 Å². The molecule has 0 bridgehead atoms. The number of pyridine rings is 1. The largest absolute Gasteiger partial charge is 0.378 e. The van der Waals surface area contributed by atoms with Crippen LogP contribution in [0.4, 0.5) is 5.69 Å². The van der Waals surface area contributed by atoms with Crippen molar-refractivity contribution in [3.8, 4) is 0 Å². The number of hydrogen-bond acceptors (Lipinski definition) is 4. The van der Waals surface area contributed by atoms with Crippen molar-refractivity contribution in [3.63, 3.8) is 0 Å². The van der Waals surface area contributed by atoms with Crippen LogP contribution in [-0.4, -0.2) is 48.0 Å². The van der Waals surface area contributed by atoms with Crippen LogP contribution in [0.5, 0.6) is 0 Å². The average molecular weight is 380 g/mol. The lowest BCUT2D eigenvalue weighted by Crippen LogP contribution is -2.40. The van der Waals surface area contributed by atoms with E-state index in [0.29, 0.717) is 47.6 Å². The van der Waals surface area contributed by atoms with E-state index in [-0.39, 0.29) is 11.6 Å². The monoisotopic (exact) mass is 379 g/mol. The van der Waals surface area contributed by atoms with Crippen LogP contribution in [0.1, 0.15) is 20.8 Å². The summed E-state index contributed by atoms with van der Waals surface area (Å²) >= 11 is 12.1. The molecule has 2 aromatic rings. The van der Waals surface area contributed by atoms with Gasteiger partial charge in [-0.25, -0.2) is 0 Å². The van der Waals surface area contributed by atoms with E-state index in [4.69, 9.17) is 27.9 Å². The van der Waals surface area contributed by atoms with Crippen molar-refractivity contribution < 1.29 is 14.3 Å². The first-order chi connectivity index (χ1) is 12.1. The number of carbonyl (C=O) groups excluding carboxylic acids is 2. The lowest BCUT2D eigenvalue weighted by Gasteiger charge is -2.26. The Kier molecular flexibility index (Phi) is 5.53. The van der Waals surface area contributed by atoms with E-state index in [1.807, 2.05) is 0 Å². The first-order valence-electron chi connectivity index (χ1n) is 7.64. The Labute approximate surface area is 154 Å². The normalized spacial score (nSPS) is 14.2. The highest BCUT2D eigenvalue weighted by molar-refractivity contribution is 6.40. The quantitative estimate of drug-likeness (QED) is 0.888. The Hall–Kier alpha value is -2.15. The molecule has 25 heavy (non-hydrogen) atoms. The third kappa shape index (κ3) is 4.10. The number of morpholine rings is 1. The number of rotatable bonds is 3. The molecule has 0 aliphatic carbocycles. The third-order valence-electron chi connectivity index (χ3n) is 3.74. The fourth-order valence-corrected chi connectivity index (χ4v) is 2.92. The van der Waals surface area contributed by atoms with Crippen molar-refractivity contribution in [2.45, 2.75) is 0 Å². The summed E-state index contributed by atoms with van der Waals surface area (Å²) in [6.45, 7) is 2.07. The summed E-state index contributed by atoms with van der Waals surface area (Å²) < 4.78 is 5.24. The van der Waals surface area contributed by atoms with Gasteiger partial charge in [0.1, 0.15) is 5.69 Å². The van der Waals surface area contributed by atoms with Crippen LogP contribution in [0, 0.1) is 0 Å². The zero-order chi connectivity index (χ0) is 17.8. The Morgan fingerprint density at radius 1 is 1.12 bits per heavy atom. The van der Waals surface area contributed by atoms with E-state index in [0.717, 1.165) is 0 Å². The van der Waals surface area contributed by atoms with E-state index in [9.17, 15) is 9.59 Å². The topological polar surface area (TPSA) is 71.5 Å². The second-order valence-electron chi connectivity index (χ2n) is 5.39. The van der Waals surface area contributed by atoms with Gasteiger partial charge in [0.15, 0.2) is 0 Å². The average Bonchev–Trinajstić information content (AvgIpc) is 2.65. The molecule has 0 radical (unpaired) electrons. The molecule has 1 aromatic heterocycles. The van der Waals surface area contributed by atoms with E-state index < -0.39 is 5.91 Å². The number of ether oxygens (including phenoxy) is 1. The fourth-order valence-electron chi connectivity index (χ4n) is 2.43. The van der Waals surface area contributed by atoms with Gasteiger partial charge in [0.25, 0.3) is 11.8 Å². The first-order valence-corrected chi connectivity index (χ1v) is 8.40. The molecule has 3 rings (SSSR count).